The molecule has 3 atom stereocenters. The first-order chi connectivity index (χ1) is 19.4. The first kappa shape index (κ1) is 31.2. The Morgan fingerprint density at radius 3 is 2.41 bits per heavy atom. The third-order valence-electron chi connectivity index (χ3n) is 6.33. The highest BCUT2D eigenvalue weighted by Crippen LogP contribution is 2.31. The van der Waals surface area contributed by atoms with Gasteiger partial charge in [-0.15, -0.1) is 0 Å². The normalized spacial score (nSPS) is 18.2. The third kappa shape index (κ3) is 8.58. The van der Waals surface area contributed by atoms with Gasteiger partial charge in [-0.2, -0.15) is 0 Å². The lowest BCUT2D eigenvalue weighted by Crippen LogP contribution is -2.64. The number of nitrogens with zero attached hydrogens (tertiary/aromatic N) is 3. The van der Waals surface area contributed by atoms with Crippen molar-refractivity contribution >= 4 is 36.8 Å². The summed E-state index contributed by atoms with van der Waals surface area (Å²) in [6, 6.07) is 7.96. The van der Waals surface area contributed by atoms with Gasteiger partial charge in [0.2, 0.25) is 5.91 Å². The molecule has 0 bridgehead atoms. The summed E-state index contributed by atoms with van der Waals surface area (Å²) in [5, 5.41) is 15.0. The number of nitrogens with one attached hydrogen (secondary N) is 2. The zero-order valence-corrected chi connectivity index (χ0v) is 23.4. The SMILES string of the molecule is CC(C)C[C@H](NC(=O)C(Cc1ccccc1)NC(=O)c1cnccn1)B1OC(=O)CC(CC(=O)O)(C(=O)N(C)C)O1. The number of hydrogen-bond donors (Lipinski definition) is 3. The topological polar surface area (TPSA) is 177 Å². The van der Waals surface area contributed by atoms with Crippen molar-refractivity contribution in [2.75, 3.05) is 14.1 Å². The van der Waals surface area contributed by atoms with Crippen molar-refractivity contribution in [3.8, 4) is 0 Å². The number of likely N-dealkylation sites (N-methyl/N-ethyl adjacent to an activating group) is 1. The van der Waals surface area contributed by atoms with E-state index in [1.807, 2.05) is 19.9 Å². The minimum absolute atomic E-state index is 0.0160. The maximum atomic E-state index is 13.7. The van der Waals surface area contributed by atoms with Crippen molar-refractivity contribution in [1.82, 2.24) is 25.5 Å². The second-order valence-electron chi connectivity index (χ2n) is 10.5. The average Bonchev–Trinajstić information content (AvgIpc) is 2.91. The fraction of sp³-hybridized carbons (Fsp3) is 0.444. The zero-order chi connectivity index (χ0) is 30.2. The number of hydrogen-bond acceptors (Lipinski definition) is 9. The van der Waals surface area contributed by atoms with Crippen LogP contribution in [0.5, 0.6) is 0 Å². The van der Waals surface area contributed by atoms with E-state index in [4.69, 9.17) is 9.31 Å². The molecule has 0 radical (unpaired) electrons. The quantitative estimate of drug-likeness (QED) is 0.309. The number of carbonyl (C=O) groups excluding carboxylic acids is 4. The van der Waals surface area contributed by atoms with E-state index in [1.165, 1.54) is 32.7 Å². The molecular formula is C27H34BN5O8. The molecule has 13 nitrogen and oxygen atoms in total. The van der Waals surface area contributed by atoms with Gasteiger partial charge in [0.1, 0.15) is 11.7 Å². The summed E-state index contributed by atoms with van der Waals surface area (Å²) in [5.41, 5.74) is -1.23. The molecule has 2 unspecified atom stereocenters. The van der Waals surface area contributed by atoms with Crippen LogP contribution >= 0.6 is 0 Å². The maximum absolute atomic E-state index is 13.7. The van der Waals surface area contributed by atoms with Gasteiger partial charge in [0.15, 0.2) is 5.60 Å². The van der Waals surface area contributed by atoms with Gasteiger partial charge in [0.25, 0.3) is 17.8 Å². The van der Waals surface area contributed by atoms with Crippen LogP contribution < -0.4 is 10.6 Å². The predicted molar refractivity (Wildman–Crippen MR) is 146 cm³/mol. The van der Waals surface area contributed by atoms with Crippen LogP contribution in [0.3, 0.4) is 0 Å². The molecule has 1 aromatic heterocycles. The van der Waals surface area contributed by atoms with Gasteiger partial charge >= 0.3 is 13.1 Å². The van der Waals surface area contributed by atoms with Crippen molar-refractivity contribution in [1.29, 1.82) is 0 Å². The predicted octanol–water partition coefficient (Wildman–Crippen LogP) is 0.641. The van der Waals surface area contributed by atoms with Crippen LogP contribution in [0.15, 0.2) is 48.9 Å². The van der Waals surface area contributed by atoms with E-state index in [0.717, 1.165) is 10.5 Å². The van der Waals surface area contributed by atoms with Crippen molar-refractivity contribution in [3.63, 3.8) is 0 Å². The summed E-state index contributed by atoms with van der Waals surface area (Å²) < 4.78 is 11.4. The molecule has 3 amide bonds. The van der Waals surface area contributed by atoms with E-state index in [0.29, 0.717) is 0 Å². The van der Waals surface area contributed by atoms with Crippen LogP contribution in [-0.4, -0.2) is 88.4 Å². The van der Waals surface area contributed by atoms with Crippen LogP contribution in [0.2, 0.25) is 0 Å². The van der Waals surface area contributed by atoms with Gasteiger partial charge in [-0.05, 0) is 17.9 Å². The Kier molecular flexibility index (Phi) is 10.5. The summed E-state index contributed by atoms with van der Waals surface area (Å²) in [6.07, 6.45) is 3.04. The van der Waals surface area contributed by atoms with Crippen molar-refractivity contribution in [3.05, 3.63) is 60.2 Å². The summed E-state index contributed by atoms with van der Waals surface area (Å²) in [7, 11) is 1.39. The molecule has 0 saturated carbocycles. The monoisotopic (exact) mass is 567 g/mol. The summed E-state index contributed by atoms with van der Waals surface area (Å²) in [6.45, 7) is 3.74. The molecule has 0 spiro atoms. The largest absolute Gasteiger partial charge is 0.552 e. The number of carbonyl (C=O) groups is 5. The summed E-state index contributed by atoms with van der Waals surface area (Å²) in [4.78, 5) is 73.1. The Bertz CT molecular complexity index is 1240. The first-order valence-electron chi connectivity index (χ1n) is 13.1. The number of aromatic nitrogens is 2. The van der Waals surface area contributed by atoms with E-state index >= 15 is 0 Å². The number of rotatable bonds is 12. The van der Waals surface area contributed by atoms with Crippen LogP contribution in [0, 0.1) is 5.92 Å². The van der Waals surface area contributed by atoms with Crippen LogP contribution in [0.4, 0.5) is 0 Å². The Labute approximate surface area is 238 Å². The minimum Gasteiger partial charge on any atom is -0.508 e. The fourth-order valence-corrected chi connectivity index (χ4v) is 4.55. The molecule has 41 heavy (non-hydrogen) atoms. The first-order valence-corrected chi connectivity index (χ1v) is 13.1. The molecule has 3 rings (SSSR count). The molecule has 2 heterocycles. The van der Waals surface area contributed by atoms with Gasteiger partial charge in [-0.1, -0.05) is 44.2 Å². The number of carboxylic acid groups (broad SMARTS) is 1. The number of benzene rings is 1. The third-order valence-corrected chi connectivity index (χ3v) is 6.33. The second-order valence-corrected chi connectivity index (χ2v) is 10.5. The lowest BCUT2D eigenvalue weighted by molar-refractivity contribution is -0.169. The van der Waals surface area contributed by atoms with Gasteiger partial charge in [-0.25, -0.2) is 4.98 Å². The highest BCUT2D eigenvalue weighted by atomic mass is 16.6. The maximum Gasteiger partial charge on any atom is 0.552 e. The molecule has 1 saturated heterocycles. The van der Waals surface area contributed by atoms with E-state index < -0.39 is 67.2 Å². The van der Waals surface area contributed by atoms with E-state index in [9.17, 15) is 29.1 Å². The molecule has 1 aromatic carbocycles. The van der Waals surface area contributed by atoms with Crippen molar-refractivity contribution < 1.29 is 38.4 Å². The van der Waals surface area contributed by atoms with Gasteiger partial charge in [0, 0.05) is 32.9 Å². The number of carboxylic acids is 1. The zero-order valence-electron chi connectivity index (χ0n) is 23.4. The standard InChI is InChI=1S/C27H34BN5O8/c1-17(2)12-21(28-40-23(36)15-27(41-28,14-22(34)35)26(39)33(3)4)32-24(37)19(13-18-8-6-5-7-9-18)31-25(38)20-16-29-10-11-30-20/h5-11,16-17,19,21H,12-15H2,1-4H3,(H,31,38)(H,32,37)(H,34,35)/t19?,21-,27?/m0/s1. The van der Waals surface area contributed by atoms with Gasteiger partial charge in [-0.3, -0.25) is 29.0 Å². The fourth-order valence-electron chi connectivity index (χ4n) is 4.55. The molecule has 1 aliphatic rings. The average molecular weight is 567 g/mol. The highest BCUT2D eigenvalue weighted by Gasteiger charge is 2.55. The smallest absolute Gasteiger partial charge is 0.508 e. The Morgan fingerprint density at radius 2 is 1.83 bits per heavy atom. The lowest BCUT2D eigenvalue weighted by atomic mass is 9.70. The molecule has 1 aliphatic heterocycles. The Morgan fingerprint density at radius 1 is 1.12 bits per heavy atom. The second kappa shape index (κ2) is 13.8. The van der Waals surface area contributed by atoms with Crippen molar-refractivity contribution in [2.24, 2.45) is 5.92 Å². The number of aliphatic carboxylic acids is 1. The molecule has 218 valence electrons. The molecule has 3 N–H and O–H groups in total. The summed E-state index contributed by atoms with van der Waals surface area (Å²) in [5.74, 6) is -5.12. The van der Waals surface area contributed by atoms with Gasteiger partial charge < -0.3 is 29.9 Å². The molecule has 14 heteroatoms. The molecule has 1 fully saturated rings. The van der Waals surface area contributed by atoms with E-state index in [2.05, 4.69) is 20.6 Å². The van der Waals surface area contributed by atoms with Gasteiger partial charge in [0.05, 0.1) is 25.0 Å². The number of amides is 3. The lowest BCUT2D eigenvalue weighted by Gasteiger charge is -2.40. The molecule has 0 aliphatic carbocycles. The van der Waals surface area contributed by atoms with Crippen LogP contribution in [0.1, 0.15) is 49.2 Å². The minimum atomic E-state index is -2.01. The van der Waals surface area contributed by atoms with Crippen molar-refractivity contribution in [2.45, 2.75) is 57.1 Å². The highest BCUT2D eigenvalue weighted by molar-refractivity contribution is 6.50. The Balaban J connectivity index is 1.90. The molecule has 2 aromatic rings. The summed E-state index contributed by atoms with van der Waals surface area (Å²) >= 11 is 0. The van der Waals surface area contributed by atoms with E-state index in [1.54, 1.807) is 24.3 Å². The Hall–Kier alpha value is -4.33. The van der Waals surface area contributed by atoms with Crippen LogP contribution in [-0.2, 0) is 34.9 Å². The van der Waals surface area contributed by atoms with Crippen LogP contribution in [0.25, 0.3) is 0 Å². The van der Waals surface area contributed by atoms with E-state index in [-0.39, 0.29) is 24.5 Å². The molecular weight excluding hydrogens is 533 g/mol.